The van der Waals surface area contributed by atoms with E-state index in [1.54, 1.807) is 0 Å². The van der Waals surface area contributed by atoms with Gasteiger partial charge in [-0.2, -0.15) is 0 Å². The fourth-order valence-corrected chi connectivity index (χ4v) is 3.69. The van der Waals surface area contributed by atoms with Crippen molar-refractivity contribution < 1.29 is 5.11 Å². The van der Waals surface area contributed by atoms with Gasteiger partial charge in [-0.3, -0.25) is 9.89 Å². The van der Waals surface area contributed by atoms with Crippen LogP contribution in [0.15, 0.2) is 17.1 Å². The van der Waals surface area contributed by atoms with E-state index in [1.807, 2.05) is 13.1 Å². The molecular weight excluding hydrogens is 320 g/mol. The van der Waals surface area contributed by atoms with Crippen molar-refractivity contribution in [3.63, 3.8) is 0 Å². The van der Waals surface area contributed by atoms with Crippen LogP contribution in [0.3, 0.4) is 0 Å². The summed E-state index contributed by atoms with van der Waals surface area (Å²) in [4.78, 5) is 6.55. The lowest BCUT2D eigenvalue weighted by Crippen LogP contribution is -2.37. The molecule has 0 spiro atoms. The summed E-state index contributed by atoms with van der Waals surface area (Å²) >= 11 is 0. The second-order valence-corrected chi connectivity index (χ2v) is 7.87. The van der Waals surface area contributed by atoms with E-state index < -0.39 is 0 Å². The molecule has 0 aromatic heterocycles. The van der Waals surface area contributed by atoms with E-state index >= 15 is 0 Å². The van der Waals surface area contributed by atoms with E-state index in [1.165, 1.54) is 89.9 Å². The Bertz CT molecular complexity index is 365. The zero-order valence-corrected chi connectivity index (χ0v) is 17.5. The summed E-state index contributed by atoms with van der Waals surface area (Å²) in [5, 5.41) is 9.70. The minimum Gasteiger partial charge on any atom is -0.379 e. The molecule has 26 heavy (non-hydrogen) atoms. The summed E-state index contributed by atoms with van der Waals surface area (Å²) in [5.74, 6) is 0. The first kappa shape index (κ1) is 23.4. The molecule has 0 fully saturated rings. The Morgan fingerprint density at radius 3 is 2.04 bits per heavy atom. The Kier molecular flexibility index (Phi) is 14.8. The first-order valence-electron chi connectivity index (χ1n) is 11.4. The van der Waals surface area contributed by atoms with Gasteiger partial charge in [-0.05, 0) is 39.0 Å². The summed E-state index contributed by atoms with van der Waals surface area (Å²) in [6.07, 6.45) is 26.5. The maximum atomic E-state index is 9.70. The van der Waals surface area contributed by atoms with Crippen LogP contribution < -0.4 is 0 Å². The first-order chi connectivity index (χ1) is 12.8. The Balaban J connectivity index is 1.78. The summed E-state index contributed by atoms with van der Waals surface area (Å²) < 4.78 is 0. The van der Waals surface area contributed by atoms with Crippen LogP contribution in [0.1, 0.15) is 110 Å². The van der Waals surface area contributed by atoms with Gasteiger partial charge in [0.2, 0.25) is 0 Å². The van der Waals surface area contributed by atoms with Gasteiger partial charge in [0.05, 0.1) is 0 Å². The van der Waals surface area contributed by atoms with Gasteiger partial charge in [0.15, 0.2) is 0 Å². The van der Waals surface area contributed by atoms with Crippen molar-refractivity contribution in [1.29, 1.82) is 0 Å². The van der Waals surface area contributed by atoms with Crippen molar-refractivity contribution in [2.75, 3.05) is 6.54 Å². The van der Waals surface area contributed by atoms with Crippen molar-refractivity contribution >= 4 is 6.21 Å². The Labute approximate surface area is 163 Å². The summed E-state index contributed by atoms with van der Waals surface area (Å²) in [5.41, 5.74) is 0. The van der Waals surface area contributed by atoms with Crippen molar-refractivity contribution in [1.82, 2.24) is 4.90 Å². The van der Waals surface area contributed by atoms with Crippen molar-refractivity contribution in [2.45, 2.75) is 123 Å². The molecule has 0 saturated carbocycles. The molecule has 0 aromatic rings. The van der Waals surface area contributed by atoms with E-state index in [0.29, 0.717) is 0 Å². The van der Waals surface area contributed by atoms with Crippen LogP contribution in [0.25, 0.3) is 0 Å². The molecule has 1 aliphatic rings. The summed E-state index contributed by atoms with van der Waals surface area (Å²) in [6.45, 7) is 4.88. The zero-order chi connectivity index (χ0) is 18.9. The number of aliphatic hydroxyl groups excluding tert-OH is 1. The molecule has 0 bridgehead atoms. The van der Waals surface area contributed by atoms with Crippen LogP contribution in [-0.4, -0.2) is 35.2 Å². The van der Waals surface area contributed by atoms with E-state index in [0.717, 1.165) is 13.0 Å². The third-order valence-corrected chi connectivity index (χ3v) is 5.39. The first-order valence-corrected chi connectivity index (χ1v) is 11.4. The van der Waals surface area contributed by atoms with Crippen molar-refractivity contribution in [3.05, 3.63) is 12.2 Å². The molecule has 2 unspecified atom stereocenters. The molecule has 152 valence electrons. The van der Waals surface area contributed by atoms with Crippen LogP contribution in [0.5, 0.6) is 0 Å². The van der Waals surface area contributed by atoms with E-state index in [2.05, 4.69) is 29.0 Å². The van der Waals surface area contributed by atoms with Crippen LogP contribution in [0.2, 0.25) is 0 Å². The molecule has 0 amide bonds. The molecule has 0 saturated heterocycles. The Morgan fingerprint density at radius 1 is 0.923 bits per heavy atom. The lowest BCUT2D eigenvalue weighted by molar-refractivity contribution is 0.00710. The highest BCUT2D eigenvalue weighted by Crippen LogP contribution is 2.18. The molecule has 3 nitrogen and oxygen atoms in total. The van der Waals surface area contributed by atoms with Gasteiger partial charge in [-0.15, -0.1) is 0 Å². The van der Waals surface area contributed by atoms with Gasteiger partial charge in [0, 0.05) is 12.8 Å². The van der Waals surface area contributed by atoms with Gasteiger partial charge < -0.3 is 5.11 Å². The van der Waals surface area contributed by atoms with Gasteiger partial charge in [0.25, 0.3) is 0 Å². The Morgan fingerprint density at radius 2 is 1.46 bits per heavy atom. The molecule has 3 heteroatoms. The number of aliphatic imine (C=N–C) groups is 1. The SMILES string of the molecule is CCC/C=C/CCCCCCCCCCCCCC1N=CCN1C(C)O. The number of rotatable bonds is 17. The lowest BCUT2D eigenvalue weighted by Gasteiger charge is -2.25. The minimum absolute atomic E-state index is 0.220. The average Bonchev–Trinajstić information content (AvgIpc) is 3.10. The molecule has 0 aliphatic carbocycles. The number of nitrogens with zero attached hydrogens (tertiary/aromatic N) is 2. The number of hydrogen-bond acceptors (Lipinski definition) is 3. The van der Waals surface area contributed by atoms with E-state index in [9.17, 15) is 5.11 Å². The highest BCUT2D eigenvalue weighted by molar-refractivity contribution is 5.62. The third-order valence-electron chi connectivity index (χ3n) is 5.39. The van der Waals surface area contributed by atoms with Crippen LogP contribution in [-0.2, 0) is 0 Å². The maximum absolute atomic E-state index is 9.70. The van der Waals surface area contributed by atoms with Gasteiger partial charge in [-0.1, -0.05) is 83.3 Å². The van der Waals surface area contributed by atoms with E-state index in [-0.39, 0.29) is 12.4 Å². The van der Waals surface area contributed by atoms with Gasteiger partial charge in [-0.25, -0.2) is 0 Å². The van der Waals surface area contributed by atoms with Gasteiger partial charge >= 0.3 is 0 Å². The zero-order valence-electron chi connectivity index (χ0n) is 17.5. The fourth-order valence-electron chi connectivity index (χ4n) is 3.69. The smallest absolute Gasteiger partial charge is 0.106 e. The second kappa shape index (κ2) is 16.5. The highest BCUT2D eigenvalue weighted by Gasteiger charge is 2.23. The molecule has 1 heterocycles. The molecule has 0 radical (unpaired) electrons. The van der Waals surface area contributed by atoms with Crippen LogP contribution in [0, 0.1) is 0 Å². The largest absolute Gasteiger partial charge is 0.379 e. The average molecular weight is 365 g/mol. The van der Waals surface area contributed by atoms with Gasteiger partial charge in [0.1, 0.15) is 12.4 Å². The quantitative estimate of drug-likeness (QED) is 0.237. The molecule has 1 rings (SSSR count). The monoisotopic (exact) mass is 364 g/mol. The number of hydrogen-bond donors (Lipinski definition) is 1. The van der Waals surface area contributed by atoms with E-state index in [4.69, 9.17) is 0 Å². The van der Waals surface area contributed by atoms with Crippen LogP contribution >= 0.6 is 0 Å². The lowest BCUT2D eigenvalue weighted by atomic mass is 10.0. The number of allylic oxidation sites excluding steroid dienone is 2. The maximum Gasteiger partial charge on any atom is 0.106 e. The number of aliphatic hydroxyl groups is 1. The minimum atomic E-state index is -0.375. The summed E-state index contributed by atoms with van der Waals surface area (Å²) in [6, 6.07) is 0. The Hall–Kier alpha value is -0.670. The predicted octanol–water partition coefficient (Wildman–Crippen LogP) is 6.46. The summed E-state index contributed by atoms with van der Waals surface area (Å²) in [7, 11) is 0. The normalized spacial score (nSPS) is 19.0. The fraction of sp³-hybridized carbons (Fsp3) is 0.870. The molecular formula is C23H44N2O. The third kappa shape index (κ3) is 11.9. The standard InChI is InChI=1S/C23H44N2O/c1-3-4-5-6-7-8-9-10-11-12-13-14-15-16-17-18-19-23-24-20-21-25(23)22(2)26/h5-6,20,22-23,26H,3-4,7-19,21H2,1-2H3/b6-5+. The molecule has 1 aliphatic heterocycles. The second-order valence-electron chi connectivity index (χ2n) is 7.87. The van der Waals surface area contributed by atoms with Crippen molar-refractivity contribution in [2.24, 2.45) is 4.99 Å². The highest BCUT2D eigenvalue weighted by atomic mass is 16.3. The molecule has 0 aromatic carbocycles. The van der Waals surface area contributed by atoms with Crippen LogP contribution in [0.4, 0.5) is 0 Å². The molecule has 2 atom stereocenters. The topological polar surface area (TPSA) is 35.8 Å². The molecule has 1 N–H and O–H groups in total. The number of unbranched alkanes of at least 4 members (excludes halogenated alkanes) is 12. The predicted molar refractivity (Wildman–Crippen MR) is 115 cm³/mol. The van der Waals surface area contributed by atoms with Crippen molar-refractivity contribution in [3.8, 4) is 0 Å².